The topological polar surface area (TPSA) is 73.3 Å². The minimum atomic E-state index is -0.564. The van der Waals surface area contributed by atoms with Crippen molar-refractivity contribution in [2.75, 3.05) is 0 Å². The first-order chi connectivity index (χ1) is 7.11. The zero-order chi connectivity index (χ0) is 11.0. The molecular weight excluding hydrogens is 260 g/mol. The van der Waals surface area contributed by atoms with Crippen molar-refractivity contribution in [1.82, 2.24) is 14.6 Å². The number of hydrogen-bond acceptors (Lipinski definition) is 4. The second-order valence-corrected chi connectivity index (χ2v) is 3.95. The fraction of sp³-hybridized carbons (Fsp3) is 0.222. The Morgan fingerprint density at radius 2 is 2.40 bits per heavy atom. The van der Waals surface area contributed by atoms with E-state index in [1.54, 1.807) is 29.8 Å². The van der Waals surface area contributed by atoms with Crippen molar-refractivity contribution in [1.29, 1.82) is 0 Å². The predicted octanol–water partition coefficient (Wildman–Crippen LogP) is 1.02. The van der Waals surface area contributed by atoms with Crippen LogP contribution < -0.4 is 5.73 Å². The van der Waals surface area contributed by atoms with Crippen molar-refractivity contribution in [3.63, 3.8) is 0 Å². The number of ketones is 1. The molecule has 0 saturated carbocycles. The lowest BCUT2D eigenvalue weighted by Gasteiger charge is -2.00. The maximum Gasteiger partial charge on any atom is 0.200 e. The van der Waals surface area contributed by atoms with Gasteiger partial charge >= 0.3 is 0 Å². The minimum Gasteiger partial charge on any atom is -0.321 e. The molecule has 2 aromatic rings. The van der Waals surface area contributed by atoms with Gasteiger partial charge in [0.05, 0.1) is 6.04 Å². The number of imidazole rings is 1. The molecule has 0 spiro atoms. The fourth-order valence-electron chi connectivity index (χ4n) is 1.23. The van der Waals surface area contributed by atoms with Crippen molar-refractivity contribution in [3.8, 4) is 0 Å². The van der Waals surface area contributed by atoms with E-state index in [4.69, 9.17) is 5.73 Å². The van der Waals surface area contributed by atoms with E-state index in [1.807, 2.05) is 0 Å². The molecule has 0 radical (unpaired) electrons. The molecule has 6 heteroatoms. The molecule has 0 aromatic carbocycles. The molecule has 0 aliphatic rings. The number of aromatic nitrogens is 3. The van der Waals surface area contributed by atoms with E-state index in [0.717, 1.165) is 0 Å². The van der Waals surface area contributed by atoms with Gasteiger partial charge in [-0.25, -0.2) is 9.50 Å². The zero-order valence-electron chi connectivity index (χ0n) is 8.01. The van der Waals surface area contributed by atoms with Gasteiger partial charge in [-0.15, -0.1) is 0 Å². The number of rotatable bonds is 2. The summed E-state index contributed by atoms with van der Waals surface area (Å²) in [4.78, 5) is 15.8. The molecule has 1 atom stereocenters. The summed E-state index contributed by atoms with van der Waals surface area (Å²) < 4.78 is 2.09. The van der Waals surface area contributed by atoms with Crippen molar-refractivity contribution < 1.29 is 4.79 Å². The molecule has 1 unspecified atom stereocenters. The molecule has 15 heavy (non-hydrogen) atoms. The maximum atomic E-state index is 11.7. The first-order valence-corrected chi connectivity index (χ1v) is 5.19. The molecule has 2 heterocycles. The molecule has 0 saturated heterocycles. The van der Waals surface area contributed by atoms with Gasteiger partial charge in [0, 0.05) is 6.20 Å². The van der Waals surface area contributed by atoms with E-state index in [9.17, 15) is 4.79 Å². The number of nitrogens with two attached hydrogens (primary N) is 1. The summed E-state index contributed by atoms with van der Waals surface area (Å²) in [6.45, 7) is 1.63. The first kappa shape index (κ1) is 10.3. The zero-order valence-corrected chi connectivity index (χ0v) is 9.60. The normalized spacial score (nSPS) is 13.0. The molecule has 0 aliphatic heterocycles. The van der Waals surface area contributed by atoms with Gasteiger partial charge in [-0.3, -0.25) is 4.79 Å². The smallest absolute Gasteiger partial charge is 0.200 e. The molecule has 78 valence electrons. The quantitative estimate of drug-likeness (QED) is 0.826. The number of halogens is 1. The highest BCUT2D eigenvalue weighted by Crippen LogP contribution is 2.18. The van der Waals surface area contributed by atoms with Gasteiger partial charge in [-0.1, -0.05) is 0 Å². The standard InChI is InChI=1S/C9H9BrN4O/c1-5(11)8(15)7-9(10)14-6(13-7)3-2-4-12-14/h2-5H,11H2,1H3. The Bertz CT molecular complexity index is 520. The Labute approximate surface area is 94.4 Å². The van der Waals surface area contributed by atoms with Crippen LogP contribution in [0.5, 0.6) is 0 Å². The van der Waals surface area contributed by atoms with E-state index in [0.29, 0.717) is 15.9 Å². The number of carbonyl (C=O) groups excluding carboxylic acids is 1. The molecule has 0 bridgehead atoms. The second-order valence-electron chi connectivity index (χ2n) is 3.20. The SMILES string of the molecule is CC(N)C(=O)c1nc2cccnn2c1Br. The number of hydrogen-bond donors (Lipinski definition) is 1. The second kappa shape index (κ2) is 3.71. The first-order valence-electron chi connectivity index (χ1n) is 4.40. The molecule has 5 nitrogen and oxygen atoms in total. The van der Waals surface area contributed by atoms with Crippen molar-refractivity contribution >= 4 is 27.4 Å². The molecule has 2 N–H and O–H groups in total. The van der Waals surface area contributed by atoms with Crippen molar-refractivity contribution in [2.24, 2.45) is 5.73 Å². The Hall–Kier alpha value is -1.27. The lowest BCUT2D eigenvalue weighted by molar-refractivity contribution is 0.0963. The van der Waals surface area contributed by atoms with E-state index >= 15 is 0 Å². The van der Waals surface area contributed by atoms with Gasteiger partial charge in [0.2, 0.25) is 0 Å². The van der Waals surface area contributed by atoms with Gasteiger partial charge in [0.25, 0.3) is 0 Å². The molecule has 2 aromatic heterocycles. The lowest BCUT2D eigenvalue weighted by Crippen LogP contribution is -2.27. The summed E-state index contributed by atoms with van der Waals surface area (Å²) in [5.74, 6) is -0.202. The summed E-state index contributed by atoms with van der Waals surface area (Å²) in [5.41, 5.74) is 6.46. The van der Waals surface area contributed by atoms with Crippen LogP contribution in [0.4, 0.5) is 0 Å². The fourth-order valence-corrected chi connectivity index (χ4v) is 1.79. The van der Waals surface area contributed by atoms with Crippen LogP contribution in [0.3, 0.4) is 0 Å². The largest absolute Gasteiger partial charge is 0.321 e. The summed E-state index contributed by atoms with van der Waals surface area (Å²) >= 11 is 3.28. The van der Waals surface area contributed by atoms with Crippen LogP contribution in [-0.4, -0.2) is 26.4 Å². The van der Waals surface area contributed by atoms with Gasteiger partial charge in [-0.05, 0) is 35.0 Å². The minimum absolute atomic E-state index is 0.202. The van der Waals surface area contributed by atoms with Crippen LogP contribution in [0.15, 0.2) is 22.9 Å². The summed E-state index contributed by atoms with van der Waals surface area (Å²) in [6, 6.07) is 2.97. The summed E-state index contributed by atoms with van der Waals surface area (Å²) in [7, 11) is 0. The third-order valence-electron chi connectivity index (χ3n) is 1.99. The summed E-state index contributed by atoms with van der Waals surface area (Å²) in [5, 5.41) is 4.06. The highest BCUT2D eigenvalue weighted by molar-refractivity contribution is 9.10. The summed E-state index contributed by atoms with van der Waals surface area (Å²) in [6.07, 6.45) is 1.62. The molecule has 0 fully saturated rings. The average Bonchev–Trinajstić information content (AvgIpc) is 2.56. The van der Waals surface area contributed by atoms with Gasteiger partial charge in [-0.2, -0.15) is 5.10 Å². The van der Waals surface area contributed by atoms with E-state index in [2.05, 4.69) is 26.0 Å². The van der Waals surface area contributed by atoms with Gasteiger partial charge in [0.15, 0.2) is 11.4 Å². The van der Waals surface area contributed by atoms with Crippen LogP contribution in [0.1, 0.15) is 17.4 Å². The van der Waals surface area contributed by atoms with Crippen LogP contribution in [0, 0.1) is 0 Å². The van der Waals surface area contributed by atoms with E-state index < -0.39 is 6.04 Å². The third kappa shape index (κ3) is 1.66. The number of Topliss-reactive ketones (excluding diaryl/α,β-unsaturated/α-hetero) is 1. The Morgan fingerprint density at radius 3 is 3.00 bits per heavy atom. The number of fused-ring (bicyclic) bond motifs is 1. The van der Waals surface area contributed by atoms with Crippen LogP contribution in [-0.2, 0) is 0 Å². The predicted molar refractivity (Wildman–Crippen MR) is 58.7 cm³/mol. The molecule has 0 amide bonds. The highest BCUT2D eigenvalue weighted by Gasteiger charge is 2.20. The Balaban J connectivity index is 2.63. The Morgan fingerprint density at radius 1 is 1.67 bits per heavy atom. The number of carbonyl (C=O) groups is 1. The van der Waals surface area contributed by atoms with E-state index in [-0.39, 0.29) is 5.78 Å². The molecular formula is C9H9BrN4O. The Kier molecular flexibility index (Phi) is 2.54. The molecule has 0 aliphatic carbocycles. The average molecular weight is 269 g/mol. The van der Waals surface area contributed by atoms with Crippen molar-refractivity contribution in [3.05, 3.63) is 28.6 Å². The van der Waals surface area contributed by atoms with Gasteiger partial charge < -0.3 is 5.73 Å². The lowest BCUT2D eigenvalue weighted by atomic mass is 10.2. The third-order valence-corrected chi connectivity index (χ3v) is 2.70. The van der Waals surface area contributed by atoms with Gasteiger partial charge in [0.1, 0.15) is 10.3 Å². The number of nitrogens with zero attached hydrogens (tertiary/aromatic N) is 3. The van der Waals surface area contributed by atoms with Crippen LogP contribution in [0.2, 0.25) is 0 Å². The molecule has 2 rings (SSSR count). The van der Waals surface area contributed by atoms with Crippen LogP contribution in [0.25, 0.3) is 5.65 Å². The monoisotopic (exact) mass is 268 g/mol. The van der Waals surface area contributed by atoms with Crippen molar-refractivity contribution in [2.45, 2.75) is 13.0 Å². The van der Waals surface area contributed by atoms with Crippen LogP contribution >= 0.6 is 15.9 Å². The van der Waals surface area contributed by atoms with E-state index in [1.165, 1.54) is 0 Å². The highest BCUT2D eigenvalue weighted by atomic mass is 79.9. The maximum absolute atomic E-state index is 11.7.